The van der Waals surface area contributed by atoms with E-state index in [1.807, 2.05) is 47.3 Å². The summed E-state index contributed by atoms with van der Waals surface area (Å²) in [5.41, 5.74) is 1.31. The first-order chi connectivity index (χ1) is 11.1. The molecule has 3 aromatic rings. The fourth-order valence-corrected chi connectivity index (χ4v) is 2.48. The zero-order chi connectivity index (χ0) is 16.2. The predicted octanol–water partition coefficient (Wildman–Crippen LogP) is 3.39. The third kappa shape index (κ3) is 4.18. The molecule has 0 unspecified atom stereocenters. The number of pyridine rings is 1. The number of aromatic nitrogens is 1. The van der Waals surface area contributed by atoms with E-state index in [1.54, 1.807) is 24.3 Å². The maximum absolute atomic E-state index is 12.4. The van der Waals surface area contributed by atoms with Gasteiger partial charge >= 0.3 is 0 Å². The molecule has 122 valence electrons. The topological polar surface area (TPSA) is 50.1 Å². The van der Waals surface area contributed by atoms with Gasteiger partial charge in [-0.1, -0.05) is 18.2 Å². The number of rotatable bonds is 4. The average Bonchev–Trinajstić information content (AvgIpc) is 2.55. The fourth-order valence-electron chi connectivity index (χ4n) is 2.48. The highest BCUT2D eigenvalue weighted by molar-refractivity contribution is 5.96. The van der Waals surface area contributed by atoms with Gasteiger partial charge in [-0.05, 0) is 35.7 Å². The first-order valence-electron chi connectivity index (χ1n) is 7.40. The van der Waals surface area contributed by atoms with Crippen LogP contribution in [0.3, 0.4) is 0 Å². The van der Waals surface area contributed by atoms with Crippen molar-refractivity contribution in [1.82, 2.24) is 0 Å². The van der Waals surface area contributed by atoms with Crippen molar-refractivity contribution in [1.29, 1.82) is 0 Å². The van der Waals surface area contributed by atoms with E-state index in [2.05, 4.69) is 5.32 Å². The summed E-state index contributed by atoms with van der Waals surface area (Å²) < 4.78 is 1.88. The number of hydrogen-bond acceptors (Lipinski definition) is 2. The number of hydrogen-bond donors (Lipinski definition) is 1. The van der Waals surface area contributed by atoms with E-state index in [-0.39, 0.29) is 30.6 Å². The normalized spacial score (nSPS) is 10.0. The highest BCUT2D eigenvalue weighted by atomic mass is 35.5. The van der Waals surface area contributed by atoms with Gasteiger partial charge in [-0.2, -0.15) is 4.57 Å². The van der Waals surface area contributed by atoms with E-state index in [0.717, 1.165) is 10.8 Å². The van der Waals surface area contributed by atoms with Crippen molar-refractivity contribution in [3.05, 3.63) is 72.6 Å². The van der Waals surface area contributed by atoms with Crippen LogP contribution in [0.2, 0.25) is 0 Å². The molecule has 1 amide bonds. The highest BCUT2D eigenvalue weighted by Crippen LogP contribution is 2.11. The largest absolute Gasteiger partial charge is 0.326 e. The number of carbonyl (C=O) groups excluding carboxylic acids is 2. The molecule has 0 saturated heterocycles. The van der Waals surface area contributed by atoms with E-state index in [0.29, 0.717) is 11.3 Å². The summed E-state index contributed by atoms with van der Waals surface area (Å²) in [4.78, 5) is 23.4. The summed E-state index contributed by atoms with van der Waals surface area (Å²) in [6.07, 6.45) is 3.88. The van der Waals surface area contributed by atoms with E-state index in [9.17, 15) is 9.59 Å². The number of carbonyl (C=O) groups is 2. The smallest absolute Gasteiger partial charge is 0.227 e. The molecule has 0 radical (unpaired) electrons. The van der Waals surface area contributed by atoms with Crippen molar-refractivity contribution < 1.29 is 14.2 Å². The van der Waals surface area contributed by atoms with Crippen LogP contribution in [-0.2, 0) is 11.3 Å². The van der Waals surface area contributed by atoms with Crippen molar-refractivity contribution in [2.24, 2.45) is 0 Å². The van der Waals surface area contributed by atoms with Gasteiger partial charge in [-0.3, -0.25) is 9.59 Å². The van der Waals surface area contributed by atoms with Gasteiger partial charge in [0.25, 0.3) is 0 Å². The van der Waals surface area contributed by atoms with Crippen molar-refractivity contribution in [3.8, 4) is 0 Å². The summed E-state index contributed by atoms with van der Waals surface area (Å²) in [6, 6.07) is 17.0. The van der Waals surface area contributed by atoms with Gasteiger partial charge in [0.1, 0.15) is 0 Å². The van der Waals surface area contributed by atoms with E-state index >= 15 is 0 Å². The molecule has 2 aromatic carbocycles. The Bertz CT molecular complexity index is 876. The SMILES string of the molecule is CC(=O)Nc1ccc(C(=O)C[n+]2ccc3ccccc3c2)cc1.Cl. The average molecular weight is 342 g/mol. The Hall–Kier alpha value is -2.72. The second kappa shape index (κ2) is 7.70. The molecule has 4 nitrogen and oxygen atoms in total. The van der Waals surface area contributed by atoms with Crippen LogP contribution in [0.4, 0.5) is 5.69 Å². The van der Waals surface area contributed by atoms with Crippen LogP contribution in [0.15, 0.2) is 67.0 Å². The Morgan fingerprint density at radius 3 is 2.29 bits per heavy atom. The molecule has 0 atom stereocenters. The summed E-state index contributed by atoms with van der Waals surface area (Å²) in [5.74, 6) is -0.101. The van der Waals surface area contributed by atoms with Crippen molar-refractivity contribution in [3.63, 3.8) is 0 Å². The Kier molecular flexibility index (Phi) is 5.66. The van der Waals surface area contributed by atoms with Gasteiger partial charge in [0.2, 0.25) is 18.2 Å². The molecule has 1 heterocycles. The zero-order valence-corrected chi connectivity index (χ0v) is 14.0. The lowest BCUT2D eigenvalue weighted by atomic mass is 10.1. The van der Waals surface area contributed by atoms with Gasteiger partial charge in [0, 0.05) is 29.6 Å². The van der Waals surface area contributed by atoms with Gasteiger partial charge < -0.3 is 5.32 Å². The molecule has 0 saturated carbocycles. The molecule has 0 spiro atoms. The third-order valence-corrected chi connectivity index (χ3v) is 3.60. The third-order valence-electron chi connectivity index (χ3n) is 3.60. The molecule has 5 heteroatoms. The molecule has 0 aliphatic carbocycles. The zero-order valence-electron chi connectivity index (χ0n) is 13.2. The summed E-state index contributed by atoms with van der Waals surface area (Å²) in [5, 5.41) is 4.93. The first-order valence-corrected chi connectivity index (χ1v) is 7.40. The van der Waals surface area contributed by atoms with Crippen molar-refractivity contribution >= 4 is 40.6 Å². The Labute approximate surface area is 146 Å². The van der Waals surface area contributed by atoms with Crippen LogP contribution >= 0.6 is 12.4 Å². The number of fused-ring (bicyclic) bond motifs is 1. The lowest BCUT2D eigenvalue weighted by Gasteiger charge is -2.03. The minimum absolute atomic E-state index is 0. The van der Waals surface area contributed by atoms with Crippen LogP contribution in [0.1, 0.15) is 17.3 Å². The van der Waals surface area contributed by atoms with E-state index in [1.165, 1.54) is 6.92 Å². The number of benzene rings is 2. The van der Waals surface area contributed by atoms with E-state index in [4.69, 9.17) is 0 Å². The van der Waals surface area contributed by atoms with Gasteiger partial charge in [-0.25, -0.2) is 0 Å². The minimum atomic E-state index is -0.129. The van der Waals surface area contributed by atoms with Gasteiger partial charge in [-0.15, -0.1) is 12.4 Å². The number of nitrogens with zero attached hydrogens (tertiary/aromatic N) is 1. The van der Waals surface area contributed by atoms with Crippen LogP contribution in [0.25, 0.3) is 10.8 Å². The Balaban J connectivity index is 0.00000208. The predicted molar refractivity (Wildman–Crippen MR) is 96.5 cm³/mol. The van der Waals surface area contributed by atoms with Crippen molar-refractivity contribution in [2.75, 3.05) is 5.32 Å². The number of anilines is 1. The first kappa shape index (κ1) is 17.6. The highest BCUT2D eigenvalue weighted by Gasteiger charge is 2.12. The lowest BCUT2D eigenvalue weighted by molar-refractivity contribution is -0.681. The lowest BCUT2D eigenvalue weighted by Crippen LogP contribution is -2.37. The van der Waals surface area contributed by atoms with Crippen LogP contribution in [0, 0.1) is 0 Å². The maximum atomic E-state index is 12.4. The maximum Gasteiger partial charge on any atom is 0.227 e. The Morgan fingerprint density at radius 2 is 1.62 bits per heavy atom. The quantitative estimate of drug-likeness (QED) is 0.584. The van der Waals surface area contributed by atoms with Crippen molar-refractivity contribution in [2.45, 2.75) is 13.5 Å². The number of ketones is 1. The minimum Gasteiger partial charge on any atom is -0.326 e. The van der Waals surface area contributed by atoms with Crippen LogP contribution in [0.5, 0.6) is 0 Å². The summed E-state index contributed by atoms with van der Waals surface area (Å²) in [6.45, 7) is 1.74. The standard InChI is InChI=1S/C19H16N2O2.ClH/c1-14(22)20-18-8-6-16(7-9-18)19(23)13-21-11-10-15-4-2-3-5-17(15)12-21;/h2-12H,13H2,1H3;1H/p+1. The summed E-state index contributed by atoms with van der Waals surface area (Å²) >= 11 is 0. The van der Waals surface area contributed by atoms with E-state index < -0.39 is 0 Å². The molecule has 0 fully saturated rings. The van der Waals surface area contributed by atoms with Gasteiger partial charge in [0.15, 0.2) is 12.4 Å². The Morgan fingerprint density at radius 1 is 0.958 bits per heavy atom. The second-order valence-electron chi connectivity index (χ2n) is 5.43. The number of nitrogens with one attached hydrogen (secondary N) is 1. The van der Waals surface area contributed by atoms with Crippen LogP contribution < -0.4 is 9.88 Å². The molecular formula is C19H18ClN2O2+. The van der Waals surface area contributed by atoms with Gasteiger partial charge in [0.05, 0.1) is 0 Å². The monoisotopic (exact) mass is 341 g/mol. The number of halogens is 1. The summed E-state index contributed by atoms with van der Waals surface area (Å²) in [7, 11) is 0. The fraction of sp³-hybridized carbons (Fsp3) is 0.105. The molecule has 0 aliphatic heterocycles. The molecule has 0 bridgehead atoms. The molecule has 24 heavy (non-hydrogen) atoms. The number of Topliss-reactive ketones (excluding diaryl/α,β-unsaturated/α-hetero) is 1. The molecule has 0 aliphatic rings. The molecule has 1 N–H and O–H groups in total. The van der Waals surface area contributed by atoms with Crippen LogP contribution in [-0.4, -0.2) is 11.7 Å². The second-order valence-corrected chi connectivity index (χ2v) is 5.43. The molecular weight excluding hydrogens is 324 g/mol. The molecule has 3 rings (SSSR count). The number of amides is 1. The molecule has 1 aromatic heterocycles.